The van der Waals surface area contributed by atoms with Crippen molar-refractivity contribution in [3.8, 4) is 0 Å². The molecule has 0 saturated heterocycles. The van der Waals surface area contributed by atoms with Crippen LogP contribution in [0.3, 0.4) is 0 Å². The minimum absolute atomic E-state index is 0.900. The lowest BCUT2D eigenvalue weighted by molar-refractivity contribution is 0.533. The molecule has 0 N–H and O–H groups in total. The Kier molecular flexibility index (Phi) is 5.14. The maximum atomic E-state index is 4.70. The third-order valence-electron chi connectivity index (χ3n) is 4.55. The Balaban J connectivity index is 2.14. The number of benzene rings is 2. The molecule has 1 aliphatic rings. The number of rotatable bonds is 6. The zero-order valence-electron chi connectivity index (χ0n) is 14.9. The van der Waals surface area contributed by atoms with Crippen LogP contribution in [0.25, 0.3) is 16.3 Å². The molecule has 2 nitrogen and oxygen atoms in total. The van der Waals surface area contributed by atoms with Crippen molar-refractivity contribution in [3.05, 3.63) is 65.4 Å². The van der Waals surface area contributed by atoms with E-state index in [1.54, 1.807) is 0 Å². The second-order valence-corrected chi connectivity index (χ2v) is 6.50. The van der Waals surface area contributed by atoms with Gasteiger partial charge in [0.2, 0.25) is 0 Å². The summed E-state index contributed by atoms with van der Waals surface area (Å²) in [6.45, 7) is 3.11. The zero-order valence-corrected chi connectivity index (χ0v) is 14.9. The molecule has 0 bridgehead atoms. The van der Waals surface area contributed by atoms with Gasteiger partial charge in [-0.05, 0) is 40.8 Å². The Hall–Kier alpha value is -2.35. The molecule has 0 aromatic heterocycles. The first-order valence-corrected chi connectivity index (χ1v) is 8.81. The van der Waals surface area contributed by atoms with E-state index in [4.69, 9.17) is 4.99 Å². The third-order valence-corrected chi connectivity index (χ3v) is 4.55. The number of fused-ring (bicyclic) bond motifs is 1. The highest BCUT2D eigenvalue weighted by Gasteiger charge is 2.17. The molecule has 0 saturated carbocycles. The lowest BCUT2D eigenvalue weighted by Crippen LogP contribution is -2.10. The number of hydrogen-bond acceptors (Lipinski definition) is 2. The monoisotopic (exact) mass is 318 g/mol. The molecule has 0 atom stereocenters. The average Bonchev–Trinajstić information content (AvgIpc) is 3.08. The summed E-state index contributed by atoms with van der Waals surface area (Å²) in [5, 5.41) is 2.56. The molecule has 0 spiro atoms. The Morgan fingerprint density at radius 1 is 1.12 bits per heavy atom. The van der Waals surface area contributed by atoms with Gasteiger partial charge in [-0.2, -0.15) is 0 Å². The van der Waals surface area contributed by atoms with Crippen molar-refractivity contribution in [3.63, 3.8) is 0 Å². The maximum Gasteiger partial charge on any atom is 0.0399 e. The fourth-order valence-electron chi connectivity index (χ4n) is 3.26. The molecule has 0 heterocycles. The lowest BCUT2D eigenvalue weighted by atomic mass is 9.93. The number of nitrogens with zero attached hydrogens (tertiary/aromatic N) is 2. The van der Waals surface area contributed by atoms with Gasteiger partial charge in [-0.1, -0.05) is 55.8 Å². The van der Waals surface area contributed by atoms with Gasteiger partial charge in [0.25, 0.3) is 0 Å². The van der Waals surface area contributed by atoms with Crippen molar-refractivity contribution in [1.29, 1.82) is 0 Å². The molecule has 124 valence electrons. The summed E-state index contributed by atoms with van der Waals surface area (Å²) < 4.78 is 0. The molecule has 24 heavy (non-hydrogen) atoms. The van der Waals surface area contributed by atoms with Gasteiger partial charge in [0.15, 0.2) is 0 Å². The zero-order chi connectivity index (χ0) is 16.9. The van der Waals surface area contributed by atoms with Crippen molar-refractivity contribution in [2.45, 2.75) is 26.2 Å². The van der Waals surface area contributed by atoms with Crippen LogP contribution in [0.1, 0.15) is 37.3 Å². The summed E-state index contributed by atoms with van der Waals surface area (Å²) in [7, 11) is 4.22. The van der Waals surface area contributed by atoms with Gasteiger partial charge < -0.3 is 4.90 Å². The van der Waals surface area contributed by atoms with E-state index in [1.807, 2.05) is 0 Å². The van der Waals surface area contributed by atoms with Crippen LogP contribution in [0.4, 0.5) is 0 Å². The van der Waals surface area contributed by atoms with E-state index >= 15 is 0 Å². The smallest absolute Gasteiger partial charge is 0.0399 e. The van der Waals surface area contributed by atoms with Gasteiger partial charge in [0.1, 0.15) is 0 Å². The van der Waals surface area contributed by atoms with Gasteiger partial charge in [0.05, 0.1) is 0 Å². The molecule has 0 amide bonds. The highest BCUT2D eigenvalue weighted by molar-refractivity contribution is 6.05. The largest absolute Gasteiger partial charge is 0.377 e. The molecule has 0 unspecified atom stereocenters. The molecule has 2 heteroatoms. The Labute approximate surface area is 145 Å². The molecule has 0 radical (unpaired) electrons. The van der Waals surface area contributed by atoms with Crippen LogP contribution in [-0.2, 0) is 0 Å². The summed E-state index contributed by atoms with van der Waals surface area (Å²) in [5.41, 5.74) is 5.25. The molecular formula is C22H26N2. The fraction of sp³-hybridized carbons (Fsp3) is 0.318. The molecule has 2 aromatic rings. The van der Waals surface area contributed by atoms with E-state index in [-0.39, 0.29) is 0 Å². The van der Waals surface area contributed by atoms with Crippen LogP contribution in [-0.4, -0.2) is 31.8 Å². The Bertz CT molecular complexity index is 810. The summed E-state index contributed by atoms with van der Waals surface area (Å²) in [6.07, 6.45) is 9.87. The van der Waals surface area contributed by atoms with Crippen LogP contribution in [0, 0.1) is 0 Å². The van der Waals surface area contributed by atoms with Gasteiger partial charge in [-0.25, -0.2) is 0 Å². The van der Waals surface area contributed by atoms with E-state index in [1.165, 1.54) is 39.6 Å². The van der Waals surface area contributed by atoms with Crippen molar-refractivity contribution >= 4 is 22.6 Å². The first-order chi connectivity index (χ1) is 11.7. The Morgan fingerprint density at radius 2 is 1.96 bits per heavy atom. The summed E-state index contributed by atoms with van der Waals surface area (Å²) in [6, 6.07) is 13.1. The minimum Gasteiger partial charge on any atom is -0.377 e. The predicted octanol–water partition coefficient (Wildman–Crippen LogP) is 5.29. The SMILES string of the molecule is CCCC/N=C/c1c(C2=C(N(C)C)C=CC2)ccc2ccccc12. The van der Waals surface area contributed by atoms with Gasteiger partial charge >= 0.3 is 0 Å². The molecule has 0 aliphatic heterocycles. The van der Waals surface area contributed by atoms with E-state index in [9.17, 15) is 0 Å². The summed E-state index contributed by atoms with van der Waals surface area (Å²) >= 11 is 0. The lowest BCUT2D eigenvalue weighted by Gasteiger charge is -2.18. The maximum absolute atomic E-state index is 4.70. The molecule has 2 aromatic carbocycles. The number of likely N-dealkylation sites (N-methyl/N-ethyl adjacent to an activating group) is 1. The van der Waals surface area contributed by atoms with Crippen LogP contribution in [0.2, 0.25) is 0 Å². The number of allylic oxidation sites excluding steroid dienone is 3. The predicted molar refractivity (Wildman–Crippen MR) is 106 cm³/mol. The summed E-state index contributed by atoms with van der Waals surface area (Å²) in [4.78, 5) is 6.90. The molecular weight excluding hydrogens is 292 g/mol. The van der Waals surface area contributed by atoms with Crippen LogP contribution >= 0.6 is 0 Å². The van der Waals surface area contributed by atoms with E-state index < -0.39 is 0 Å². The quantitative estimate of drug-likeness (QED) is 0.522. The van der Waals surface area contributed by atoms with Crippen LogP contribution < -0.4 is 0 Å². The first kappa shape index (κ1) is 16.5. The second-order valence-electron chi connectivity index (χ2n) is 6.50. The molecule has 1 aliphatic carbocycles. The number of aliphatic imine (C=N–C) groups is 1. The highest BCUT2D eigenvalue weighted by atomic mass is 15.1. The second kappa shape index (κ2) is 7.48. The van der Waals surface area contributed by atoms with Crippen LogP contribution in [0.5, 0.6) is 0 Å². The molecule has 0 fully saturated rings. The molecule has 3 rings (SSSR count). The third kappa shape index (κ3) is 3.28. The topological polar surface area (TPSA) is 15.6 Å². The van der Waals surface area contributed by atoms with Crippen molar-refractivity contribution in [2.75, 3.05) is 20.6 Å². The van der Waals surface area contributed by atoms with E-state index in [2.05, 4.69) is 80.7 Å². The Morgan fingerprint density at radius 3 is 2.75 bits per heavy atom. The normalized spacial score (nSPS) is 14.3. The van der Waals surface area contributed by atoms with Crippen LogP contribution in [0.15, 0.2) is 59.2 Å². The highest BCUT2D eigenvalue weighted by Crippen LogP contribution is 2.34. The van der Waals surface area contributed by atoms with E-state index in [0.717, 1.165) is 19.4 Å². The van der Waals surface area contributed by atoms with Gasteiger partial charge in [-0.3, -0.25) is 4.99 Å². The average molecular weight is 318 g/mol. The number of unbranched alkanes of at least 4 members (excludes halogenated alkanes) is 1. The summed E-state index contributed by atoms with van der Waals surface area (Å²) in [5.74, 6) is 0. The first-order valence-electron chi connectivity index (χ1n) is 8.81. The van der Waals surface area contributed by atoms with Gasteiger partial charge in [0, 0.05) is 38.1 Å². The fourth-order valence-corrected chi connectivity index (χ4v) is 3.26. The van der Waals surface area contributed by atoms with E-state index in [0.29, 0.717) is 0 Å². The van der Waals surface area contributed by atoms with Gasteiger partial charge in [-0.15, -0.1) is 0 Å². The van der Waals surface area contributed by atoms with Crippen molar-refractivity contribution in [1.82, 2.24) is 4.90 Å². The standard InChI is InChI=1S/C22H26N2/c1-4-5-15-23-16-21-18-10-7-6-9-17(18)13-14-19(21)20-11-8-12-22(20)24(2)3/h6-10,12-14,16H,4-5,11,15H2,1-3H3/b23-16+. The minimum atomic E-state index is 0.900. The van der Waals surface area contributed by atoms with Crippen molar-refractivity contribution < 1.29 is 0 Å². The number of hydrogen-bond donors (Lipinski definition) is 0. The van der Waals surface area contributed by atoms with Crippen molar-refractivity contribution in [2.24, 2.45) is 4.99 Å².